The minimum Gasteiger partial charge on any atom is -0.330 e. The standard InChI is InChI=1S/C11H24N2S/c1-10(2)7-11(8-12)9-13-3-5-14-6-4-13/h10-11H,3-9,12H2,1-2H3. The van der Waals surface area contributed by atoms with Crippen LogP contribution in [-0.2, 0) is 0 Å². The molecule has 2 nitrogen and oxygen atoms in total. The van der Waals surface area contributed by atoms with Crippen molar-refractivity contribution in [3.63, 3.8) is 0 Å². The van der Waals surface area contributed by atoms with Crippen molar-refractivity contribution in [2.45, 2.75) is 20.3 Å². The van der Waals surface area contributed by atoms with E-state index >= 15 is 0 Å². The highest BCUT2D eigenvalue weighted by Gasteiger charge is 2.16. The first-order chi connectivity index (χ1) is 6.72. The van der Waals surface area contributed by atoms with Crippen molar-refractivity contribution in [3.05, 3.63) is 0 Å². The molecule has 1 saturated heterocycles. The summed E-state index contributed by atoms with van der Waals surface area (Å²) in [4.78, 5) is 2.58. The number of nitrogens with two attached hydrogens (primary N) is 1. The molecule has 1 atom stereocenters. The summed E-state index contributed by atoms with van der Waals surface area (Å²) in [6.07, 6.45) is 1.28. The minimum absolute atomic E-state index is 0.707. The Hall–Kier alpha value is 0.270. The lowest BCUT2D eigenvalue weighted by Gasteiger charge is -2.30. The summed E-state index contributed by atoms with van der Waals surface area (Å²) < 4.78 is 0. The Morgan fingerprint density at radius 1 is 1.29 bits per heavy atom. The smallest absolute Gasteiger partial charge is 0.00728 e. The van der Waals surface area contributed by atoms with Crippen LogP contribution < -0.4 is 5.73 Å². The molecule has 1 aliphatic heterocycles. The van der Waals surface area contributed by atoms with Crippen molar-refractivity contribution in [1.29, 1.82) is 0 Å². The van der Waals surface area contributed by atoms with Crippen LogP contribution in [0.15, 0.2) is 0 Å². The number of rotatable bonds is 5. The normalized spacial score (nSPS) is 21.4. The first-order valence-corrected chi connectivity index (χ1v) is 6.88. The van der Waals surface area contributed by atoms with E-state index in [-0.39, 0.29) is 0 Å². The molecule has 1 rings (SSSR count). The number of nitrogens with zero attached hydrogens (tertiary/aromatic N) is 1. The fourth-order valence-electron chi connectivity index (χ4n) is 2.06. The molecule has 14 heavy (non-hydrogen) atoms. The van der Waals surface area contributed by atoms with Crippen molar-refractivity contribution < 1.29 is 0 Å². The summed E-state index contributed by atoms with van der Waals surface area (Å²) in [5.41, 5.74) is 5.81. The second-order valence-electron chi connectivity index (χ2n) is 4.64. The van der Waals surface area contributed by atoms with E-state index in [2.05, 4.69) is 30.5 Å². The van der Waals surface area contributed by atoms with E-state index in [4.69, 9.17) is 5.73 Å². The molecule has 1 fully saturated rings. The van der Waals surface area contributed by atoms with Gasteiger partial charge in [-0.05, 0) is 24.8 Å². The fourth-order valence-corrected chi connectivity index (χ4v) is 3.04. The van der Waals surface area contributed by atoms with E-state index < -0.39 is 0 Å². The van der Waals surface area contributed by atoms with Gasteiger partial charge in [0.15, 0.2) is 0 Å². The lowest BCUT2D eigenvalue weighted by atomic mass is 9.96. The van der Waals surface area contributed by atoms with Gasteiger partial charge in [-0.2, -0.15) is 11.8 Å². The zero-order valence-electron chi connectivity index (χ0n) is 9.54. The number of hydrogen-bond acceptors (Lipinski definition) is 3. The van der Waals surface area contributed by atoms with Crippen LogP contribution in [0, 0.1) is 11.8 Å². The van der Waals surface area contributed by atoms with Crippen molar-refractivity contribution in [3.8, 4) is 0 Å². The molecule has 1 heterocycles. The SMILES string of the molecule is CC(C)CC(CN)CN1CCSCC1. The summed E-state index contributed by atoms with van der Waals surface area (Å²) in [5.74, 6) is 4.10. The number of thioether (sulfide) groups is 1. The van der Waals surface area contributed by atoms with Crippen molar-refractivity contribution in [1.82, 2.24) is 4.90 Å². The second-order valence-corrected chi connectivity index (χ2v) is 5.87. The van der Waals surface area contributed by atoms with Gasteiger partial charge in [-0.15, -0.1) is 0 Å². The van der Waals surface area contributed by atoms with E-state index in [0.29, 0.717) is 5.92 Å². The quantitative estimate of drug-likeness (QED) is 0.758. The Bertz CT molecular complexity index is 144. The average molecular weight is 216 g/mol. The van der Waals surface area contributed by atoms with Crippen LogP contribution in [0.2, 0.25) is 0 Å². The van der Waals surface area contributed by atoms with Crippen LogP contribution in [0.5, 0.6) is 0 Å². The molecule has 3 heteroatoms. The summed E-state index contributed by atoms with van der Waals surface area (Å²) in [6, 6.07) is 0. The van der Waals surface area contributed by atoms with E-state index in [1.807, 2.05) is 0 Å². The molecule has 0 aliphatic carbocycles. The van der Waals surface area contributed by atoms with Gasteiger partial charge in [0.2, 0.25) is 0 Å². The van der Waals surface area contributed by atoms with E-state index in [0.717, 1.165) is 12.5 Å². The molecule has 0 aromatic rings. The van der Waals surface area contributed by atoms with Gasteiger partial charge in [0.1, 0.15) is 0 Å². The van der Waals surface area contributed by atoms with Crippen LogP contribution in [-0.4, -0.2) is 42.6 Å². The second kappa shape index (κ2) is 6.70. The van der Waals surface area contributed by atoms with Gasteiger partial charge < -0.3 is 10.6 Å². The van der Waals surface area contributed by atoms with Gasteiger partial charge in [0.25, 0.3) is 0 Å². The zero-order valence-corrected chi connectivity index (χ0v) is 10.4. The monoisotopic (exact) mass is 216 g/mol. The number of hydrogen-bond donors (Lipinski definition) is 1. The predicted octanol–water partition coefficient (Wildman–Crippen LogP) is 1.66. The molecule has 0 saturated carbocycles. The van der Waals surface area contributed by atoms with E-state index in [1.165, 1.54) is 37.6 Å². The Labute approximate surface area is 92.6 Å². The largest absolute Gasteiger partial charge is 0.330 e. The summed E-state index contributed by atoms with van der Waals surface area (Å²) in [6.45, 7) is 9.17. The van der Waals surface area contributed by atoms with E-state index in [1.54, 1.807) is 0 Å². The first-order valence-electron chi connectivity index (χ1n) is 5.72. The van der Waals surface area contributed by atoms with Crippen molar-refractivity contribution >= 4 is 11.8 Å². The van der Waals surface area contributed by atoms with Gasteiger partial charge in [0, 0.05) is 31.1 Å². The molecular formula is C11H24N2S. The maximum Gasteiger partial charge on any atom is 0.00728 e. The zero-order chi connectivity index (χ0) is 10.4. The Morgan fingerprint density at radius 2 is 1.93 bits per heavy atom. The van der Waals surface area contributed by atoms with Gasteiger partial charge in [0.05, 0.1) is 0 Å². The summed E-state index contributed by atoms with van der Waals surface area (Å²) >= 11 is 2.07. The highest BCUT2D eigenvalue weighted by molar-refractivity contribution is 7.99. The Morgan fingerprint density at radius 3 is 2.43 bits per heavy atom. The van der Waals surface area contributed by atoms with Crippen LogP contribution in [0.1, 0.15) is 20.3 Å². The van der Waals surface area contributed by atoms with Crippen LogP contribution >= 0.6 is 11.8 Å². The summed E-state index contributed by atoms with van der Waals surface area (Å²) in [5, 5.41) is 0. The third kappa shape index (κ3) is 4.67. The lowest BCUT2D eigenvalue weighted by Crippen LogP contribution is -2.38. The highest BCUT2D eigenvalue weighted by Crippen LogP contribution is 2.15. The average Bonchev–Trinajstić information content (AvgIpc) is 2.17. The molecule has 0 bridgehead atoms. The molecule has 1 unspecified atom stereocenters. The van der Waals surface area contributed by atoms with Gasteiger partial charge in [-0.1, -0.05) is 13.8 Å². The molecule has 0 radical (unpaired) electrons. The molecule has 1 aliphatic rings. The fraction of sp³-hybridized carbons (Fsp3) is 1.00. The van der Waals surface area contributed by atoms with Crippen LogP contribution in [0.4, 0.5) is 0 Å². The lowest BCUT2D eigenvalue weighted by molar-refractivity contribution is 0.235. The maximum absolute atomic E-state index is 5.81. The van der Waals surface area contributed by atoms with Gasteiger partial charge in [-0.25, -0.2) is 0 Å². The molecule has 0 aromatic carbocycles. The Kier molecular flexibility index (Phi) is 5.90. The molecule has 2 N–H and O–H groups in total. The molecule has 84 valence electrons. The molecule has 0 aromatic heterocycles. The minimum atomic E-state index is 0.707. The third-order valence-electron chi connectivity index (χ3n) is 2.76. The first kappa shape index (κ1) is 12.3. The highest BCUT2D eigenvalue weighted by atomic mass is 32.2. The molecule has 0 spiro atoms. The third-order valence-corrected chi connectivity index (χ3v) is 3.70. The topological polar surface area (TPSA) is 29.3 Å². The van der Waals surface area contributed by atoms with Gasteiger partial charge >= 0.3 is 0 Å². The maximum atomic E-state index is 5.81. The van der Waals surface area contributed by atoms with Crippen LogP contribution in [0.3, 0.4) is 0 Å². The molecule has 0 amide bonds. The van der Waals surface area contributed by atoms with Gasteiger partial charge in [-0.3, -0.25) is 0 Å². The molecular weight excluding hydrogens is 192 g/mol. The predicted molar refractivity (Wildman–Crippen MR) is 65.8 cm³/mol. The van der Waals surface area contributed by atoms with Crippen molar-refractivity contribution in [2.24, 2.45) is 17.6 Å². The Balaban J connectivity index is 2.23. The van der Waals surface area contributed by atoms with Crippen LogP contribution in [0.25, 0.3) is 0 Å². The van der Waals surface area contributed by atoms with E-state index in [9.17, 15) is 0 Å². The summed E-state index contributed by atoms with van der Waals surface area (Å²) in [7, 11) is 0. The van der Waals surface area contributed by atoms with Crippen molar-refractivity contribution in [2.75, 3.05) is 37.7 Å².